The highest BCUT2D eigenvalue weighted by Crippen LogP contribution is 2.41. The zero-order valence-electron chi connectivity index (χ0n) is 18.7. The summed E-state index contributed by atoms with van der Waals surface area (Å²) in [6.45, 7) is 8.01. The van der Waals surface area contributed by atoms with Gasteiger partial charge in [0.2, 0.25) is 0 Å². The van der Waals surface area contributed by atoms with Crippen molar-refractivity contribution in [2.24, 2.45) is 0 Å². The van der Waals surface area contributed by atoms with Crippen LogP contribution in [0.1, 0.15) is 57.2 Å². The summed E-state index contributed by atoms with van der Waals surface area (Å²) in [5, 5.41) is 0. The topological polar surface area (TPSA) is 52.6 Å². The molecule has 33 heavy (non-hydrogen) atoms. The molecule has 1 saturated heterocycles. The van der Waals surface area contributed by atoms with Crippen LogP contribution in [0.2, 0.25) is 0 Å². The van der Waals surface area contributed by atoms with Crippen molar-refractivity contribution in [1.82, 2.24) is 0 Å². The Bertz CT molecular complexity index is 1070. The summed E-state index contributed by atoms with van der Waals surface area (Å²) < 4.78 is 77.9. The molecule has 9 heteroatoms. The molecule has 0 unspecified atom stereocenters. The second-order valence-electron chi connectivity index (χ2n) is 8.87. The Hall–Kier alpha value is -2.81. The number of hydrogen-bond acceptors (Lipinski definition) is 4. The molecule has 0 radical (unpaired) electrons. The van der Waals surface area contributed by atoms with Gasteiger partial charge in [0.25, 0.3) is 0 Å². The van der Waals surface area contributed by atoms with E-state index in [0.717, 1.165) is 0 Å². The molecule has 2 aromatic rings. The fraction of sp³-hybridized carbons (Fsp3) is 0.417. The third-order valence-electron chi connectivity index (χ3n) is 5.58. The molecule has 0 aliphatic carbocycles. The van der Waals surface area contributed by atoms with E-state index in [2.05, 4.69) is 0 Å². The van der Waals surface area contributed by atoms with Crippen molar-refractivity contribution in [3.05, 3.63) is 58.7 Å². The molecule has 1 aliphatic rings. The monoisotopic (exact) mass is 470 g/mol. The SMILES string of the molecule is CCc1ccc(Oc2c(F)cc(C(F)(F)F)cc2F)cc1C1C(=O)C(C)(C)OC(C)(C)C1=O. The largest absolute Gasteiger partial charge is 0.451 e. The van der Waals surface area contributed by atoms with Crippen molar-refractivity contribution >= 4 is 11.6 Å². The van der Waals surface area contributed by atoms with Crippen LogP contribution in [-0.2, 0) is 26.9 Å². The van der Waals surface area contributed by atoms with Gasteiger partial charge in [-0.25, -0.2) is 8.78 Å². The Kier molecular flexibility index (Phi) is 6.17. The van der Waals surface area contributed by atoms with Gasteiger partial charge in [-0.1, -0.05) is 13.0 Å². The van der Waals surface area contributed by atoms with E-state index < -0.39 is 57.8 Å². The Morgan fingerprint density at radius 3 is 1.91 bits per heavy atom. The number of Topliss-reactive ketones (excluding diaryl/α,β-unsaturated/α-hetero) is 2. The van der Waals surface area contributed by atoms with Crippen LogP contribution in [0.4, 0.5) is 22.0 Å². The van der Waals surface area contributed by atoms with E-state index in [1.165, 1.54) is 12.1 Å². The first-order chi connectivity index (χ1) is 15.1. The Labute approximate surface area is 187 Å². The number of carbonyl (C=O) groups excluding carboxylic acids is 2. The van der Waals surface area contributed by atoms with Crippen molar-refractivity contribution in [2.75, 3.05) is 0 Å². The summed E-state index contributed by atoms with van der Waals surface area (Å²) in [6.07, 6.45) is -4.49. The van der Waals surface area contributed by atoms with Crippen LogP contribution in [0.15, 0.2) is 30.3 Å². The lowest BCUT2D eigenvalue weighted by Gasteiger charge is -2.43. The minimum absolute atomic E-state index is 0.135. The van der Waals surface area contributed by atoms with Crippen molar-refractivity contribution in [1.29, 1.82) is 0 Å². The molecule has 4 nitrogen and oxygen atoms in total. The summed E-state index contributed by atoms with van der Waals surface area (Å²) in [6, 6.07) is 4.49. The van der Waals surface area contributed by atoms with Crippen LogP contribution in [0.5, 0.6) is 11.5 Å². The molecule has 178 valence electrons. The first kappa shape index (κ1) is 24.8. The highest BCUT2D eigenvalue weighted by Gasteiger charge is 2.53. The van der Waals surface area contributed by atoms with Gasteiger partial charge >= 0.3 is 6.18 Å². The molecule has 1 aliphatic heterocycles. The lowest BCUT2D eigenvalue weighted by atomic mass is 9.73. The molecule has 1 heterocycles. The number of carbonyl (C=O) groups is 2. The molecule has 0 atom stereocenters. The molecular formula is C24H23F5O4. The second kappa shape index (κ2) is 8.20. The highest BCUT2D eigenvalue weighted by atomic mass is 19.4. The lowest BCUT2D eigenvalue weighted by molar-refractivity contribution is -0.184. The predicted octanol–water partition coefficient (Wildman–Crippen LogP) is 6.15. The standard InChI is InChI=1S/C24H23F5O4/c1-6-12-7-8-14(32-19-16(25)9-13(10-17(19)26)24(27,28)29)11-15(12)18-20(30)22(2,3)33-23(4,5)21(18)31/h7-11,18H,6H2,1-5H3. The first-order valence-electron chi connectivity index (χ1n) is 10.2. The first-order valence-corrected chi connectivity index (χ1v) is 10.2. The van der Waals surface area contributed by atoms with Crippen molar-refractivity contribution in [3.8, 4) is 11.5 Å². The lowest BCUT2D eigenvalue weighted by Crippen LogP contribution is -2.58. The summed E-state index contributed by atoms with van der Waals surface area (Å²) >= 11 is 0. The van der Waals surface area contributed by atoms with E-state index >= 15 is 0 Å². The Morgan fingerprint density at radius 1 is 0.939 bits per heavy atom. The van der Waals surface area contributed by atoms with Crippen LogP contribution in [0.25, 0.3) is 0 Å². The summed E-state index contributed by atoms with van der Waals surface area (Å²) in [7, 11) is 0. The number of aryl methyl sites for hydroxylation is 1. The fourth-order valence-electron chi connectivity index (χ4n) is 4.00. The average molecular weight is 470 g/mol. The molecule has 0 saturated carbocycles. The number of hydrogen-bond donors (Lipinski definition) is 0. The maximum atomic E-state index is 14.3. The van der Waals surface area contributed by atoms with Crippen LogP contribution in [0.3, 0.4) is 0 Å². The minimum atomic E-state index is -4.93. The maximum Gasteiger partial charge on any atom is 0.416 e. The average Bonchev–Trinajstić information content (AvgIpc) is 2.68. The Balaban J connectivity index is 2.07. The van der Waals surface area contributed by atoms with Gasteiger partial charge in [-0.05, 0) is 69.5 Å². The van der Waals surface area contributed by atoms with E-state index in [0.29, 0.717) is 17.5 Å². The van der Waals surface area contributed by atoms with Crippen LogP contribution in [-0.4, -0.2) is 22.8 Å². The smallest absolute Gasteiger partial charge is 0.416 e. The van der Waals surface area contributed by atoms with Gasteiger partial charge in [-0.15, -0.1) is 0 Å². The van der Waals surface area contributed by atoms with E-state index in [-0.39, 0.29) is 17.9 Å². The van der Waals surface area contributed by atoms with Gasteiger partial charge in [0.05, 0.1) is 5.56 Å². The van der Waals surface area contributed by atoms with Gasteiger partial charge in [0.15, 0.2) is 29.0 Å². The normalized spacial score (nSPS) is 18.5. The minimum Gasteiger partial charge on any atom is -0.451 e. The number of ketones is 2. The second-order valence-corrected chi connectivity index (χ2v) is 8.87. The number of halogens is 5. The van der Waals surface area contributed by atoms with Crippen LogP contribution < -0.4 is 4.74 Å². The van der Waals surface area contributed by atoms with E-state index in [1.807, 2.05) is 0 Å². The van der Waals surface area contributed by atoms with Crippen molar-refractivity contribution in [2.45, 2.75) is 64.3 Å². The molecule has 0 amide bonds. The molecule has 0 aromatic heterocycles. The maximum absolute atomic E-state index is 14.3. The number of benzene rings is 2. The molecule has 0 bridgehead atoms. The van der Waals surface area contributed by atoms with Gasteiger partial charge in [0, 0.05) is 0 Å². The zero-order valence-corrected chi connectivity index (χ0v) is 18.7. The fourth-order valence-corrected chi connectivity index (χ4v) is 4.00. The quantitative estimate of drug-likeness (QED) is 0.398. The number of ether oxygens (including phenoxy) is 2. The molecular weight excluding hydrogens is 447 g/mol. The molecule has 0 spiro atoms. The highest BCUT2D eigenvalue weighted by molar-refractivity contribution is 6.15. The third-order valence-corrected chi connectivity index (χ3v) is 5.58. The molecule has 2 aromatic carbocycles. The van der Waals surface area contributed by atoms with E-state index in [1.54, 1.807) is 40.7 Å². The Morgan fingerprint density at radius 2 is 1.45 bits per heavy atom. The van der Waals surface area contributed by atoms with Gasteiger partial charge in [0.1, 0.15) is 22.9 Å². The van der Waals surface area contributed by atoms with Gasteiger partial charge < -0.3 is 9.47 Å². The molecule has 0 N–H and O–H groups in total. The number of alkyl halides is 3. The summed E-state index contributed by atoms with van der Waals surface area (Å²) in [5.74, 6) is -6.40. The van der Waals surface area contributed by atoms with Crippen LogP contribution >= 0.6 is 0 Å². The van der Waals surface area contributed by atoms with Crippen molar-refractivity contribution < 1.29 is 41.0 Å². The zero-order chi connectivity index (χ0) is 24.9. The number of rotatable bonds is 4. The predicted molar refractivity (Wildman–Crippen MR) is 109 cm³/mol. The molecule has 3 rings (SSSR count). The molecule has 1 fully saturated rings. The van der Waals surface area contributed by atoms with Gasteiger partial charge in [-0.2, -0.15) is 13.2 Å². The van der Waals surface area contributed by atoms with E-state index in [9.17, 15) is 31.5 Å². The van der Waals surface area contributed by atoms with Gasteiger partial charge in [-0.3, -0.25) is 9.59 Å². The third kappa shape index (κ3) is 4.64. The van der Waals surface area contributed by atoms with Crippen molar-refractivity contribution in [3.63, 3.8) is 0 Å². The van der Waals surface area contributed by atoms with Crippen LogP contribution in [0, 0.1) is 11.6 Å². The summed E-state index contributed by atoms with van der Waals surface area (Å²) in [4.78, 5) is 26.2. The summed E-state index contributed by atoms with van der Waals surface area (Å²) in [5.41, 5.74) is -3.10. The van der Waals surface area contributed by atoms with E-state index in [4.69, 9.17) is 9.47 Å².